The fourth-order valence-corrected chi connectivity index (χ4v) is 2.24. The van der Waals surface area contributed by atoms with Crippen LogP contribution in [0.5, 0.6) is 0 Å². The first kappa shape index (κ1) is 14.2. The molecule has 0 aliphatic carbocycles. The van der Waals surface area contributed by atoms with Gasteiger partial charge in [0.1, 0.15) is 5.82 Å². The van der Waals surface area contributed by atoms with Crippen LogP contribution in [0.4, 0.5) is 5.69 Å². The van der Waals surface area contributed by atoms with E-state index in [4.69, 9.17) is 11.6 Å². The van der Waals surface area contributed by atoms with Gasteiger partial charge in [0.15, 0.2) is 0 Å². The molecule has 0 fully saturated rings. The van der Waals surface area contributed by atoms with Crippen LogP contribution in [0, 0.1) is 0 Å². The molecular weight excluding hydrogens is 262 g/mol. The van der Waals surface area contributed by atoms with E-state index in [0.29, 0.717) is 12.5 Å². The number of hydrogen-bond acceptors (Lipinski definition) is 3. The van der Waals surface area contributed by atoms with Gasteiger partial charge in [-0.15, -0.1) is 11.6 Å². The van der Waals surface area contributed by atoms with E-state index >= 15 is 0 Å². The molecule has 2 rings (SSSR count). The van der Waals surface area contributed by atoms with Gasteiger partial charge in [-0.25, -0.2) is 4.98 Å². The quantitative estimate of drug-likeness (QED) is 0.829. The number of aromatic nitrogens is 2. The zero-order valence-electron chi connectivity index (χ0n) is 11.5. The van der Waals surface area contributed by atoms with Gasteiger partial charge >= 0.3 is 0 Å². The Hall–Kier alpha value is -1.26. The molecule has 2 N–H and O–H groups in total. The van der Waals surface area contributed by atoms with Gasteiger partial charge in [0.2, 0.25) is 0 Å². The van der Waals surface area contributed by atoms with Crippen molar-refractivity contribution in [2.24, 2.45) is 7.05 Å². The van der Waals surface area contributed by atoms with Crippen molar-refractivity contribution >= 4 is 28.3 Å². The van der Waals surface area contributed by atoms with Gasteiger partial charge in [-0.1, -0.05) is 13.8 Å². The van der Waals surface area contributed by atoms with Crippen LogP contribution in [0.2, 0.25) is 0 Å². The third-order valence-corrected chi connectivity index (χ3v) is 3.51. The molecular formula is C14H20ClN3O. The average molecular weight is 282 g/mol. The molecule has 4 nitrogen and oxygen atoms in total. The van der Waals surface area contributed by atoms with E-state index in [1.807, 2.05) is 25.2 Å². The predicted octanol–water partition coefficient (Wildman–Crippen LogP) is 2.71. The summed E-state index contributed by atoms with van der Waals surface area (Å²) in [5.74, 6) is 1.70. The highest BCUT2D eigenvalue weighted by Gasteiger charge is 2.11. The van der Waals surface area contributed by atoms with Crippen LogP contribution < -0.4 is 5.32 Å². The van der Waals surface area contributed by atoms with Crippen molar-refractivity contribution in [2.45, 2.75) is 25.9 Å². The molecule has 2 aromatic rings. The van der Waals surface area contributed by atoms with Crippen LogP contribution >= 0.6 is 11.6 Å². The molecule has 0 spiro atoms. The van der Waals surface area contributed by atoms with Crippen molar-refractivity contribution in [3.8, 4) is 0 Å². The van der Waals surface area contributed by atoms with E-state index in [1.165, 1.54) is 0 Å². The first-order valence-corrected chi connectivity index (χ1v) is 7.00. The third-order valence-electron chi connectivity index (χ3n) is 3.15. The molecule has 0 aliphatic heterocycles. The van der Waals surface area contributed by atoms with Crippen LogP contribution in [-0.2, 0) is 7.05 Å². The summed E-state index contributed by atoms with van der Waals surface area (Å²) >= 11 is 5.57. The molecule has 104 valence electrons. The van der Waals surface area contributed by atoms with Crippen molar-refractivity contribution in [3.05, 3.63) is 24.0 Å². The number of nitrogens with one attached hydrogen (secondary N) is 1. The van der Waals surface area contributed by atoms with Crippen LogP contribution in [0.3, 0.4) is 0 Å². The molecule has 0 amide bonds. The van der Waals surface area contributed by atoms with E-state index in [-0.39, 0.29) is 5.88 Å². The SMILES string of the molecule is CC(C)c1nc2cc(NCC(O)CCl)ccc2n1C. The van der Waals surface area contributed by atoms with Gasteiger partial charge in [0.25, 0.3) is 0 Å². The number of alkyl halides is 1. The van der Waals surface area contributed by atoms with Gasteiger partial charge < -0.3 is 15.0 Å². The Morgan fingerprint density at radius 2 is 2.16 bits per heavy atom. The summed E-state index contributed by atoms with van der Waals surface area (Å²) in [6.45, 7) is 4.72. The highest BCUT2D eigenvalue weighted by Crippen LogP contribution is 2.23. The number of hydrogen-bond donors (Lipinski definition) is 2. The molecule has 0 saturated carbocycles. The number of halogens is 1. The summed E-state index contributed by atoms with van der Waals surface area (Å²) in [5, 5.41) is 12.6. The van der Waals surface area contributed by atoms with E-state index < -0.39 is 6.10 Å². The maximum absolute atomic E-state index is 9.44. The lowest BCUT2D eigenvalue weighted by Crippen LogP contribution is -2.20. The fourth-order valence-electron chi connectivity index (χ4n) is 2.14. The van der Waals surface area contributed by atoms with Gasteiger partial charge in [-0.3, -0.25) is 0 Å². The summed E-state index contributed by atoms with van der Waals surface area (Å²) in [6.07, 6.45) is -0.535. The Morgan fingerprint density at radius 1 is 1.42 bits per heavy atom. The Balaban J connectivity index is 2.26. The van der Waals surface area contributed by atoms with Crippen molar-refractivity contribution in [1.82, 2.24) is 9.55 Å². The molecule has 1 heterocycles. The number of aryl methyl sites for hydroxylation is 1. The Kier molecular flexibility index (Phi) is 4.32. The first-order chi connectivity index (χ1) is 9.02. The zero-order valence-corrected chi connectivity index (χ0v) is 12.3. The molecule has 1 unspecified atom stereocenters. The number of rotatable bonds is 5. The van der Waals surface area contributed by atoms with Crippen LogP contribution in [0.1, 0.15) is 25.6 Å². The Bertz CT molecular complexity index is 565. The number of anilines is 1. The highest BCUT2D eigenvalue weighted by atomic mass is 35.5. The standard InChI is InChI=1S/C14H20ClN3O/c1-9(2)14-17-12-6-10(16-8-11(19)7-15)4-5-13(12)18(14)3/h4-6,9,11,16,19H,7-8H2,1-3H3. The fraction of sp³-hybridized carbons (Fsp3) is 0.500. The summed E-state index contributed by atoms with van der Waals surface area (Å²) < 4.78 is 2.12. The molecule has 0 aliphatic rings. The summed E-state index contributed by atoms with van der Waals surface area (Å²) in [7, 11) is 2.04. The summed E-state index contributed by atoms with van der Waals surface area (Å²) in [5.41, 5.74) is 3.04. The minimum Gasteiger partial charge on any atom is -0.390 e. The molecule has 19 heavy (non-hydrogen) atoms. The number of aliphatic hydroxyl groups excluding tert-OH is 1. The molecule has 1 aromatic carbocycles. The number of benzene rings is 1. The Morgan fingerprint density at radius 3 is 2.79 bits per heavy atom. The number of imidazole rings is 1. The van der Waals surface area contributed by atoms with Crippen molar-refractivity contribution in [2.75, 3.05) is 17.7 Å². The zero-order chi connectivity index (χ0) is 14.0. The number of fused-ring (bicyclic) bond motifs is 1. The Labute approximate surface area is 118 Å². The van der Waals surface area contributed by atoms with Gasteiger partial charge in [-0.2, -0.15) is 0 Å². The average Bonchev–Trinajstić information content (AvgIpc) is 2.73. The van der Waals surface area contributed by atoms with E-state index in [9.17, 15) is 5.11 Å². The molecule has 1 atom stereocenters. The molecule has 1 aromatic heterocycles. The largest absolute Gasteiger partial charge is 0.390 e. The second-order valence-corrected chi connectivity index (χ2v) is 5.38. The second-order valence-electron chi connectivity index (χ2n) is 5.08. The molecule has 0 radical (unpaired) electrons. The highest BCUT2D eigenvalue weighted by molar-refractivity contribution is 6.18. The maximum Gasteiger partial charge on any atom is 0.112 e. The van der Waals surface area contributed by atoms with Gasteiger partial charge in [0, 0.05) is 25.2 Å². The third kappa shape index (κ3) is 3.01. The monoisotopic (exact) mass is 281 g/mol. The lowest BCUT2D eigenvalue weighted by molar-refractivity contribution is 0.211. The van der Waals surface area contributed by atoms with Crippen molar-refractivity contribution in [3.63, 3.8) is 0 Å². The van der Waals surface area contributed by atoms with E-state index in [2.05, 4.69) is 28.7 Å². The first-order valence-electron chi connectivity index (χ1n) is 6.47. The van der Waals surface area contributed by atoms with Crippen LogP contribution in [0.15, 0.2) is 18.2 Å². The summed E-state index contributed by atoms with van der Waals surface area (Å²) in [6, 6.07) is 6.04. The van der Waals surface area contributed by atoms with E-state index in [0.717, 1.165) is 22.5 Å². The number of nitrogens with zero attached hydrogens (tertiary/aromatic N) is 2. The second kappa shape index (κ2) is 5.80. The van der Waals surface area contributed by atoms with Gasteiger partial charge in [-0.05, 0) is 18.2 Å². The van der Waals surface area contributed by atoms with Crippen molar-refractivity contribution < 1.29 is 5.11 Å². The number of aliphatic hydroxyl groups is 1. The molecule has 5 heteroatoms. The molecule has 0 saturated heterocycles. The minimum absolute atomic E-state index is 0.232. The topological polar surface area (TPSA) is 50.1 Å². The maximum atomic E-state index is 9.44. The lowest BCUT2D eigenvalue weighted by Gasteiger charge is -2.09. The van der Waals surface area contributed by atoms with Crippen LogP contribution in [0.25, 0.3) is 11.0 Å². The van der Waals surface area contributed by atoms with Crippen LogP contribution in [-0.4, -0.2) is 33.2 Å². The molecule has 0 bridgehead atoms. The van der Waals surface area contributed by atoms with Crippen molar-refractivity contribution in [1.29, 1.82) is 0 Å². The normalized spacial score (nSPS) is 13.2. The predicted molar refractivity (Wildman–Crippen MR) is 80.0 cm³/mol. The lowest BCUT2D eigenvalue weighted by atomic mass is 10.2. The summed E-state index contributed by atoms with van der Waals surface area (Å²) in [4.78, 5) is 4.65. The minimum atomic E-state index is -0.535. The van der Waals surface area contributed by atoms with Gasteiger partial charge in [0.05, 0.1) is 23.0 Å². The smallest absolute Gasteiger partial charge is 0.112 e. The van der Waals surface area contributed by atoms with E-state index in [1.54, 1.807) is 0 Å².